The molecule has 6 nitrogen and oxygen atoms in total. The average molecular weight is 544 g/mol. The number of nitriles is 1. The van der Waals surface area contributed by atoms with Gasteiger partial charge in [-0.2, -0.15) is 5.26 Å². The van der Waals surface area contributed by atoms with Gasteiger partial charge in [0.2, 0.25) is 0 Å². The number of ether oxygens (including phenoxy) is 2. The Labute approximate surface area is 198 Å². The molecular formula is C23H17IN2O4S. The third kappa shape index (κ3) is 5.22. The summed E-state index contributed by atoms with van der Waals surface area (Å²) in [6, 6.07) is 13.0. The van der Waals surface area contributed by atoms with E-state index in [-0.39, 0.29) is 18.4 Å². The molecule has 0 bridgehead atoms. The molecule has 1 heterocycles. The first-order valence-corrected chi connectivity index (χ1v) is 11.1. The van der Waals surface area contributed by atoms with E-state index in [0.29, 0.717) is 34.1 Å². The van der Waals surface area contributed by atoms with E-state index in [9.17, 15) is 14.9 Å². The van der Waals surface area contributed by atoms with Crippen LogP contribution in [-0.4, -0.2) is 29.2 Å². The van der Waals surface area contributed by atoms with Crippen molar-refractivity contribution in [1.82, 2.24) is 4.90 Å². The van der Waals surface area contributed by atoms with Gasteiger partial charge in [0.05, 0.1) is 33.3 Å². The number of terminal acetylenes is 1. The Balaban J connectivity index is 1.89. The quantitative estimate of drug-likeness (QED) is 0.283. The van der Waals surface area contributed by atoms with Gasteiger partial charge in [-0.3, -0.25) is 14.5 Å². The first-order valence-electron chi connectivity index (χ1n) is 9.24. The number of carbonyl (C=O) groups is 2. The molecule has 1 saturated heterocycles. The zero-order valence-electron chi connectivity index (χ0n) is 16.6. The highest BCUT2D eigenvalue weighted by Crippen LogP contribution is 2.38. The number of imide groups is 1. The smallest absolute Gasteiger partial charge is 0.294 e. The molecule has 31 heavy (non-hydrogen) atoms. The highest BCUT2D eigenvalue weighted by atomic mass is 127. The van der Waals surface area contributed by atoms with Crippen molar-refractivity contribution in [2.75, 3.05) is 13.2 Å². The molecule has 1 aliphatic rings. The maximum atomic E-state index is 12.4. The van der Waals surface area contributed by atoms with Crippen LogP contribution < -0.4 is 9.47 Å². The second-order valence-corrected chi connectivity index (χ2v) is 8.45. The highest BCUT2D eigenvalue weighted by molar-refractivity contribution is 14.1. The molecule has 2 aromatic rings. The van der Waals surface area contributed by atoms with Gasteiger partial charge >= 0.3 is 0 Å². The second kappa shape index (κ2) is 10.4. The van der Waals surface area contributed by atoms with Gasteiger partial charge in [-0.15, -0.1) is 6.42 Å². The average Bonchev–Trinajstić information content (AvgIpc) is 3.01. The van der Waals surface area contributed by atoms with E-state index in [4.69, 9.17) is 15.9 Å². The molecule has 2 aromatic carbocycles. The lowest BCUT2D eigenvalue weighted by molar-refractivity contribution is -0.122. The van der Waals surface area contributed by atoms with Crippen LogP contribution in [0, 0.1) is 27.2 Å². The largest absolute Gasteiger partial charge is 0.490 e. The molecule has 1 aliphatic heterocycles. The molecule has 1 fully saturated rings. The molecule has 0 aliphatic carbocycles. The summed E-state index contributed by atoms with van der Waals surface area (Å²) in [4.78, 5) is 25.8. The van der Waals surface area contributed by atoms with Gasteiger partial charge in [0, 0.05) is 5.56 Å². The topological polar surface area (TPSA) is 79.6 Å². The normalized spacial score (nSPS) is 14.5. The maximum Gasteiger partial charge on any atom is 0.294 e. The van der Waals surface area contributed by atoms with Crippen molar-refractivity contribution in [3.63, 3.8) is 0 Å². The monoisotopic (exact) mass is 544 g/mol. The molecule has 0 radical (unpaired) electrons. The van der Waals surface area contributed by atoms with Crippen LogP contribution in [0.1, 0.15) is 23.6 Å². The van der Waals surface area contributed by atoms with Crippen LogP contribution in [0.5, 0.6) is 11.5 Å². The lowest BCUT2D eigenvalue weighted by Crippen LogP contribution is -2.28. The van der Waals surface area contributed by atoms with Crippen molar-refractivity contribution >= 4 is 51.6 Å². The van der Waals surface area contributed by atoms with Crippen LogP contribution in [0.25, 0.3) is 6.08 Å². The van der Waals surface area contributed by atoms with Gasteiger partial charge in [-0.05, 0) is 71.1 Å². The van der Waals surface area contributed by atoms with Crippen molar-refractivity contribution in [2.45, 2.75) is 13.5 Å². The molecule has 8 heteroatoms. The predicted octanol–water partition coefficient (Wildman–Crippen LogP) is 4.81. The molecule has 3 rings (SSSR count). The third-order valence-electron chi connectivity index (χ3n) is 4.26. The maximum absolute atomic E-state index is 12.4. The number of halogens is 1. The molecule has 0 saturated carbocycles. The summed E-state index contributed by atoms with van der Waals surface area (Å²) >= 11 is 2.99. The number of thioether (sulfide) groups is 1. The van der Waals surface area contributed by atoms with E-state index < -0.39 is 5.91 Å². The van der Waals surface area contributed by atoms with Crippen LogP contribution in [0.2, 0.25) is 0 Å². The fourth-order valence-electron chi connectivity index (χ4n) is 2.86. The number of hydrogen-bond donors (Lipinski definition) is 0. The van der Waals surface area contributed by atoms with E-state index in [1.54, 1.807) is 24.3 Å². The summed E-state index contributed by atoms with van der Waals surface area (Å²) in [5.74, 6) is 2.97. The van der Waals surface area contributed by atoms with Crippen molar-refractivity contribution in [1.29, 1.82) is 5.26 Å². The van der Waals surface area contributed by atoms with E-state index >= 15 is 0 Å². The summed E-state index contributed by atoms with van der Waals surface area (Å²) in [6.07, 6.45) is 6.87. The van der Waals surface area contributed by atoms with Gasteiger partial charge in [0.1, 0.15) is 6.61 Å². The van der Waals surface area contributed by atoms with Gasteiger partial charge in [-0.25, -0.2) is 0 Å². The Morgan fingerprint density at radius 3 is 2.74 bits per heavy atom. The number of nitrogens with zero attached hydrogens (tertiary/aromatic N) is 2. The Hall–Kier alpha value is -2.95. The van der Waals surface area contributed by atoms with Crippen molar-refractivity contribution in [3.8, 4) is 29.9 Å². The minimum atomic E-state index is -0.408. The summed E-state index contributed by atoms with van der Waals surface area (Å²) < 4.78 is 12.5. The molecule has 156 valence electrons. The Morgan fingerprint density at radius 2 is 2.03 bits per heavy atom. The summed E-state index contributed by atoms with van der Waals surface area (Å²) in [6.45, 7) is 2.44. The van der Waals surface area contributed by atoms with Crippen LogP contribution in [0.3, 0.4) is 0 Å². The number of benzene rings is 2. The van der Waals surface area contributed by atoms with E-state index in [1.165, 1.54) is 0 Å². The molecule has 0 atom stereocenters. The first-order chi connectivity index (χ1) is 15.0. The Morgan fingerprint density at radius 1 is 1.26 bits per heavy atom. The van der Waals surface area contributed by atoms with Gasteiger partial charge in [0.15, 0.2) is 11.5 Å². The van der Waals surface area contributed by atoms with Crippen molar-refractivity contribution < 1.29 is 19.1 Å². The zero-order chi connectivity index (χ0) is 22.4. The van der Waals surface area contributed by atoms with Crippen LogP contribution >= 0.6 is 34.4 Å². The number of rotatable bonds is 7. The number of hydrogen-bond acceptors (Lipinski definition) is 6. The zero-order valence-corrected chi connectivity index (χ0v) is 19.5. The fourth-order valence-corrected chi connectivity index (χ4v) is 4.48. The van der Waals surface area contributed by atoms with Crippen molar-refractivity contribution in [2.24, 2.45) is 0 Å². The first kappa shape index (κ1) is 22.7. The number of amides is 2. The van der Waals surface area contributed by atoms with Gasteiger partial charge in [0.25, 0.3) is 11.1 Å². The molecule has 0 unspecified atom stereocenters. The highest BCUT2D eigenvalue weighted by Gasteiger charge is 2.34. The minimum Gasteiger partial charge on any atom is -0.490 e. The summed E-state index contributed by atoms with van der Waals surface area (Å²) in [7, 11) is 0. The summed E-state index contributed by atoms with van der Waals surface area (Å²) in [5.41, 5.74) is 2.02. The minimum absolute atomic E-state index is 0.0549. The Kier molecular flexibility index (Phi) is 7.61. The predicted molar refractivity (Wildman–Crippen MR) is 127 cm³/mol. The molecule has 0 aromatic heterocycles. The SMILES string of the molecule is C#CCN1C(=O)S/C(=C/c2cc(I)c(OCc3ccccc3C#N)c(OCC)c2)C1=O. The van der Waals surface area contributed by atoms with E-state index in [1.807, 2.05) is 25.1 Å². The summed E-state index contributed by atoms with van der Waals surface area (Å²) in [5, 5.41) is 8.88. The molecule has 0 N–H and O–H groups in total. The fraction of sp³-hybridized carbons (Fsp3) is 0.174. The third-order valence-corrected chi connectivity index (χ3v) is 5.97. The van der Waals surface area contributed by atoms with Crippen molar-refractivity contribution in [3.05, 3.63) is 61.6 Å². The van der Waals surface area contributed by atoms with Crippen LogP contribution in [0.15, 0.2) is 41.3 Å². The van der Waals surface area contributed by atoms with Crippen LogP contribution in [0.4, 0.5) is 4.79 Å². The lowest BCUT2D eigenvalue weighted by Gasteiger charge is -2.15. The Bertz CT molecular complexity index is 1150. The molecular weight excluding hydrogens is 527 g/mol. The molecule has 0 spiro atoms. The lowest BCUT2D eigenvalue weighted by atomic mass is 10.1. The van der Waals surface area contributed by atoms with E-state index in [2.05, 4.69) is 34.6 Å². The standard InChI is InChI=1S/C23H17IN2O4S/c1-3-9-26-22(27)20(31-23(26)28)12-15-10-18(24)21(19(11-15)29-4-2)30-14-17-8-6-5-7-16(17)13-25/h1,5-8,10-12H,4,9,14H2,2H3/b20-12+. The molecule has 2 amide bonds. The van der Waals surface area contributed by atoms with E-state index in [0.717, 1.165) is 25.8 Å². The van der Waals surface area contributed by atoms with Gasteiger partial charge < -0.3 is 9.47 Å². The number of carbonyl (C=O) groups excluding carboxylic acids is 2. The van der Waals surface area contributed by atoms with Crippen LogP contribution in [-0.2, 0) is 11.4 Å². The van der Waals surface area contributed by atoms with Gasteiger partial charge in [-0.1, -0.05) is 24.1 Å². The second-order valence-electron chi connectivity index (χ2n) is 6.29.